The van der Waals surface area contributed by atoms with Crippen molar-refractivity contribution in [3.8, 4) is 11.5 Å². The number of fused-ring (bicyclic) bond motifs is 1. The van der Waals surface area contributed by atoms with E-state index < -0.39 is 0 Å². The minimum absolute atomic E-state index is 0.00519. The number of phenols is 1. The third-order valence-corrected chi connectivity index (χ3v) is 4.39. The van der Waals surface area contributed by atoms with Crippen LogP contribution in [0.3, 0.4) is 0 Å². The van der Waals surface area contributed by atoms with Gasteiger partial charge in [-0.1, -0.05) is 18.2 Å². The van der Waals surface area contributed by atoms with Gasteiger partial charge in [-0.3, -0.25) is 4.79 Å². The summed E-state index contributed by atoms with van der Waals surface area (Å²) in [6.07, 6.45) is 1.38. The SMILES string of the molecule is CCOc1cccc(C=NNC(=O)CSc2[nH]c3ccccc3[nH+]2)c1O. The number of nitrogens with zero attached hydrogens (tertiary/aromatic N) is 1. The minimum Gasteiger partial charge on any atom is -0.504 e. The van der Waals surface area contributed by atoms with Gasteiger partial charge in [0.1, 0.15) is 0 Å². The average Bonchev–Trinajstić information content (AvgIpc) is 3.06. The number of ether oxygens (including phenoxy) is 1. The minimum atomic E-state index is -0.251. The summed E-state index contributed by atoms with van der Waals surface area (Å²) in [4.78, 5) is 18.3. The number of hydrazone groups is 1. The van der Waals surface area contributed by atoms with Crippen LogP contribution in [0.15, 0.2) is 52.7 Å². The van der Waals surface area contributed by atoms with Crippen LogP contribution >= 0.6 is 11.8 Å². The predicted octanol–water partition coefficient (Wildman–Crippen LogP) is 2.33. The highest BCUT2D eigenvalue weighted by Gasteiger charge is 2.12. The summed E-state index contributed by atoms with van der Waals surface area (Å²) in [6.45, 7) is 2.29. The van der Waals surface area contributed by atoms with Gasteiger partial charge in [-0.25, -0.2) is 15.4 Å². The molecule has 8 heteroatoms. The highest BCUT2D eigenvalue weighted by Crippen LogP contribution is 2.28. The molecule has 1 heterocycles. The van der Waals surface area contributed by atoms with Crippen molar-refractivity contribution >= 4 is 34.9 Å². The second-order valence-corrected chi connectivity index (χ2v) is 6.32. The Hall–Kier alpha value is -3.00. The van der Waals surface area contributed by atoms with Crippen molar-refractivity contribution in [3.63, 3.8) is 0 Å². The van der Waals surface area contributed by atoms with Crippen molar-refractivity contribution in [3.05, 3.63) is 48.0 Å². The van der Waals surface area contributed by atoms with E-state index in [0.29, 0.717) is 17.9 Å². The molecule has 7 nitrogen and oxygen atoms in total. The molecule has 134 valence electrons. The van der Waals surface area contributed by atoms with Crippen LogP contribution in [0.4, 0.5) is 0 Å². The monoisotopic (exact) mass is 371 g/mol. The molecule has 1 amide bonds. The third kappa shape index (κ3) is 4.34. The molecular weight excluding hydrogens is 352 g/mol. The van der Waals surface area contributed by atoms with Gasteiger partial charge in [0.25, 0.3) is 5.91 Å². The van der Waals surface area contributed by atoms with E-state index in [1.807, 2.05) is 31.2 Å². The highest BCUT2D eigenvalue weighted by molar-refractivity contribution is 7.99. The van der Waals surface area contributed by atoms with Gasteiger partial charge in [-0.15, -0.1) is 0 Å². The Kier molecular flexibility index (Phi) is 5.75. The van der Waals surface area contributed by atoms with Crippen LogP contribution in [-0.2, 0) is 4.79 Å². The zero-order valence-electron chi connectivity index (χ0n) is 14.2. The largest absolute Gasteiger partial charge is 0.504 e. The third-order valence-electron chi connectivity index (χ3n) is 3.49. The summed E-state index contributed by atoms with van der Waals surface area (Å²) in [5, 5.41) is 14.7. The van der Waals surface area contributed by atoms with E-state index in [4.69, 9.17) is 4.74 Å². The Balaban J connectivity index is 1.54. The van der Waals surface area contributed by atoms with Crippen LogP contribution < -0.4 is 15.1 Å². The molecule has 0 saturated carbocycles. The number of amides is 1. The molecule has 2 aromatic carbocycles. The molecule has 0 saturated heterocycles. The van der Waals surface area contributed by atoms with Gasteiger partial charge in [-0.2, -0.15) is 5.10 Å². The fourth-order valence-corrected chi connectivity index (χ4v) is 3.01. The fourth-order valence-electron chi connectivity index (χ4n) is 2.31. The number of para-hydroxylation sites is 3. The molecular formula is C18H19N4O3S+. The summed E-state index contributed by atoms with van der Waals surface area (Å²) in [5.74, 6) is 0.326. The van der Waals surface area contributed by atoms with Crippen LogP contribution in [0.5, 0.6) is 11.5 Å². The van der Waals surface area contributed by atoms with Crippen LogP contribution in [0.1, 0.15) is 12.5 Å². The molecule has 26 heavy (non-hydrogen) atoms. The maximum absolute atomic E-state index is 11.9. The summed E-state index contributed by atoms with van der Waals surface area (Å²) in [7, 11) is 0. The number of carbonyl (C=O) groups is 1. The van der Waals surface area contributed by atoms with Crippen LogP contribution in [0, 0.1) is 0 Å². The molecule has 1 aromatic heterocycles. The molecule has 0 radical (unpaired) electrons. The van der Waals surface area contributed by atoms with Crippen LogP contribution in [0.2, 0.25) is 0 Å². The Morgan fingerprint density at radius 1 is 1.35 bits per heavy atom. The van der Waals surface area contributed by atoms with Crippen molar-refractivity contribution in [1.82, 2.24) is 10.4 Å². The Morgan fingerprint density at radius 3 is 3.00 bits per heavy atom. The number of nitrogens with one attached hydrogen (secondary N) is 3. The fraction of sp³-hybridized carbons (Fsp3) is 0.167. The molecule has 0 aliphatic heterocycles. The van der Waals surface area contributed by atoms with E-state index >= 15 is 0 Å². The summed E-state index contributed by atoms with van der Waals surface area (Å²) >= 11 is 1.35. The number of phenolic OH excluding ortho intramolecular Hbond substituents is 1. The van der Waals surface area contributed by atoms with Crippen molar-refractivity contribution in [2.45, 2.75) is 12.1 Å². The number of imidazole rings is 1. The molecule has 0 aliphatic rings. The maximum atomic E-state index is 11.9. The summed E-state index contributed by atoms with van der Waals surface area (Å²) < 4.78 is 5.31. The van der Waals surface area contributed by atoms with E-state index in [0.717, 1.165) is 16.2 Å². The van der Waals surface area contributed by atoms with E-state index in [1.54, 1.807) is 18.2 Å². The molecule has 0 atom stereocenters. The standard InChI is InChI=1S/C18H18N4O3S/c1-2-25-15-9-5-6-12(17(15)24)10-19-22-16(23)11-26-18-20-13-7-3-4-8-14(13)21-18/h3-10,24H,2,11H2,1H3,(H,20,21)(H,22,23)/p+1. The average molecular weight is 371 g/mol. The number of thioether (sulfide) groups is 1. The molecule has 4 N–H and O–H groups in total. The molecule has 3 rings (SSSR count). The highest BCUT2D eigenvalue weighted by atomic mass is 32.2. The van der Waals surface area contributed by atoms with Crippen LogP contribution in [-0.4, -0.2) is 34.6 Å². The van der Waals surface area contributed by atoms with E-state index in [9.17, 15) is 9.90 Å². The number of rotatable bonds is 7. The molecule has 0 aliphatic carbocycles. The van der Waals surface area contributed by atoms with E-state index in [2.05, 4.69) is 20.5 Å². The quantitative estimate of drug-likeness (QED) is 0.337. The number of benzene rings is 2. The van der Waals surface area contributed by atoms with Gasteiger partial charge in [0.15, 0.2) is 22.5 Å². The summed E-state index contributed by atoms with van der Waals surface area (Å²) in [6, 6.07) is 12.9. The Morgan fingerprint density at radius 2 is 2.19 bits per heavy atom. The number of H-pyrrole nitrogens is 2. The van der Waals surface area contributed by atoms with Gasteiger partial charge in [0, 0.05) is 5.56 Å². The topological polar surface area (TPSA) is 101 Å². The van der Waals surface area contributed by atoms with Gasteiger partial charge in [0.2, 0.25) is 0 Å². The molecule has 0 bridgehead atoms. The first-order valence-electron chi connectivity index (χ1n) is 8.07. The first kappa shape index (κ1) is 17.8. The number of aromatic nitrogens is 2. The number of hydrogen-bond donors (Lipinski definition) is 3. The van der Waals surface area contributed by atoms with Crippen molar-refractivity contribution in [2.75, 3.05) is 12.4 Å². The Labute approximate surface area is 154 Å². The molecule has 0 fully saturated rings. The van der Waals surface area contributed by atoms with Gasteiger partial charge < -0.3 is 9.84 Å². The Bertz CT molecular complexity index is 906. The van der Waals surface area contributed by atoms with E-state index in [1.165, 1.54) is 18.0 Å². The number of hydrogen-bond acceptors (Lipinski definition) is 5. The second kappa shape index (κ2) is 8.39. The van der Waals surface area contributed by atoms with Crippen molar-refractivity contribution in [2.24, 2.45) is 5.10 Å². The lowest BCUT2D eigenvalue weighted by atomic mass is 10.2. The first-order valence-corrected chi connectivity index (χ1v) is 9.05. The number of aromatic hydroxyl groups is 1. The van der Waals surface area contributed by atoms with E-state index in [-0.39, 0.29) is 17.4 Å². The summed E-state index contributed by atoms with van der Waals surface area (Å²) in [5.41, 5.74) is 4.88. The molecule has 3 aromatic rings. The second-order valence-electron chi connectivity index (χ2n) is 5.33. The van der Waals surface area contributed by atoms with Crippen molar-refractivity contribution < 1.29 is 19.6 Å². The number of carbonyl (C=O) groups excluding carboxylic acids is 1. The van der Waals surface area contributed by atoms with Crippen molar-refractivity contribution in [1.29, 1.82) is 0 Å². The normalized spacial score (nSPS) is 11.1. The lowest BCUT2D eigenvalue weighted by molar-refractivity contribution is -0.396. The predicted molar refractivity (Wildman–Crippen MR) is 101 cm³/mol. The lowest BCUT2D eigenvalue weighted by Crippen LogP contribution is -2.20. The first-order chi connectivity index (χ1) is 12.7. The van der Waals surface area contributed by atoms with Crippen LogP contribution in [0.25, 0.3) is 11.0 Å². The zero-order chi connectivity index (χ0) is 18.4. The smallest absolute Gasteiger partial charge is 0.315 e. The van der Waals surface area contributed by atoms with Gasteiger partial charge in [0.05, 0.1) is 18.6 Å². The van der Waals surface area contributed by atoms with Gasteiger partial charge >= 0.3 is 5.16 Å². The lowest BCUT2D eigenvalue weighted by Gasteiger charge is -2.07. The molecule has 0 spiro atoms. The number of aromatic amines is 2. The zero-order valence-corrected chi connectivity index (χ0v) is 15.0. The maximum Gasteiger partial charge on any atom is 0.315 e. The van der Waals surface area contributed by atoms with Gasteiger partial charge in [-0.05, 0) is 43.0 Å². The molecule has 0 unspecified atom stereocenters.